The van der Waals surface area contributed by atoms with E-state index in [4.69, 9.17) is 15.6 Å². The van der Waals surface area contributed by atoms with Gasteiger partial charge >= 0.3 is 5.97 Å². The zero-order valence-electron chi connectivity index (χ0n) is 11.5. The first-order valence-electron chi connectivity index (χ1n) is 6.40. The van der Waals surface area contributed by atoms with Gasteiger partial charge < -0.3 is 20.7 Å². The van der Waals surface area contributed by atoms with Crippen molar-refractivity contribution in [3.8, 4) is 11.5 Å². The van der Waals surface area contributed by atoms with E-state index >= 15 is 0 Å². The molecule has 1 aromatic rings. The van der Waals surface area contributed by atoms with E-state index < -0.39 is 12.0 Å². The van der Waals surface area contributed by atoms with Crippen LogP contribution >= 0.6 is 0 Å². The van der Waals surface area contributed by atoms with Crippen molar-refractivity contribution in [1.29, 1.82) is 0 Å². The second-order valence-electron chi connectivity index (χ2n) is 4.41. The molecule has 0 radical (unpaired) electrons. The highest BCUT2D eigenvalue weighted by Gasteiger charge is 2.09. The molecule has 0 aliphatic rings. The highest BCUT2D eigenvalue weighted by molar-refractivity contribution is 5.80. The minimum Gasteiger partial charge on any atom is -0.504 e. The molecule has 0 amide bonds. The van der Waals surface area contributed by atoms with E-state index in [1.165, 1.54) is 7.11 Å². The predicted molar refractivity (Wildman–Crippen MR) is 76.6 cm³/mol. The number of aliphatic carboxylic acids is 1. The van der Waals surface area contributed by atoms with Crippen LogP contribution in [-0.2, 0) is 4.79 Å². The topological polar surface area (TPSA) is 105 Å². The van der Waals surface area contributed by atoms with Crippen LogP contribution in [0.1, 0.15) is 24.8 Å². The fourth-order valence-corrected chi connectivity index (χ4v) is 1.64. The molecule has 4 N–H and O–H groups in total. The van der Waals surface area contributed by atoms with Crippen LogP contribution in [0.3, 0.4) is 0 Å². The van der Waals surface area contributed by atoms with Crippen LogP contribution in [0.5, 0.6) is 11.5 Å². The number of carboxylic acid groups (broad SMARTS) is 1. The molecule has 0 spiro atoms. The zero-order valence-corrected chi connectivity index (χ0v) is 11.5. The first-order chi connectivity index (χ1) is 9.54. The summed E-state index contributed by atoms with van der Waals surface area (Å²) >= 11 is 0. The first kappa shape index (κ1) is 16.0. The van der Waals surface area contributed by atoms with Gasteiger partial charge in [-0.2, -0.15) is 0 Å². The number of methoxy groups -OCH3 is 1. The molecular formula is C14H20N2O4. The molecule has 1 unspecified atom stereocenters. The average Bonchev–Trinajstić information content (AvgIpc) is 2.43. The smallest absolute Gasteiger partial charge is 0.320 e. The van der Waals surface area contributed by atoms with Gasteiger partial charge in [0.15, 0.2) is 11.5 Å². The summed E-state index contributed by atoms with van der Waals surface area (Å²) in [5.74, 6) is -0.474. The summed E-state index contributed by atoms with van der Waals surface area (Å²) in [6.45, 7) is 0.607. The van der Waals surface area contributed by atoms with Crippen LogP contribution in [0.4, 0.5) is 0 Å². The molecule has 1 aromatic carbocycles. The van der Waals surface area contributed by atoms with E-state index in [2.05, 4.69) is 4.99 Å². The van der Waals surface area contributed by atoms with E-state index in [0.29, 0.717) is 18.7 Å². The summed E-state index contributed by atoms with van der Waals surface area (Å²) in [5.41, 5.74) is 6.23. The Morgan fingerprint density at radius 3 is 2.90 bits per heavy atom. The molecule has 0 bridgehead atoms. The summed E-state index contributed by atoms with van der Waals surface area (Å²) in [4.78, 5) is 14.7. The molecule has 0 saturated heterocycles. The molecule has 0 aliphatic heterocycles. The van der Waals surface area contributed by atoms with Gasteiger partial charge in [-0.1, -0.05) is 0 Å². The number of carboxylic acids is 1. The number of phenolic OH excluding ortho intramolecular Hbond substituents is 1. The standard InChI is InChI=1S/C14H20N2O4/c1-20-13-8-10(5-6-12(13)17)9-16-7-3-2-4-11(15)14(18)19/h5-6,8-9,11,17H,2-4,7,15H2,1H3,(H,18,19). The third kappa shape index (κ3) is 5.27. The van der Waals surface area contributed by atoms with E-state index in [1.54, 1.807) is 24.4 Å². The molecular weight excluding hydrogens is 260 g/mol. The fraction of sp³-hybridized carbons (Fsp3) is 0.429. The fourth-order valence-electron chi connectivity index (χ4n) is 1.64. The number of aliphatic imine (C=N–C) groups is 1. The number of rotatable bonds is 8. The number of unbranched alkanes of at least 4 members (excludes halogenated alkanes) is 1. The number of phenols is 1. The highest BCUT2D eigenvalue weighted by atomic mass is 16.5. The van der Waals surface area contributed by atoms with Crippen LogP contribution in [-0.4, -0.2) is 42.1 Å². The Balaban J connectivity index is 2.33. The predicted octanol–water partition coefficient (Wildman–Crippen LogP) is 1.40. The number of benzene rings is 1. The normalized spacial score (nSPS) is 12.5. The minimum atomic E-state index is -0.968. The molecule has 110 valence electrons. The lowest BCUT2D eigenvalue weighted by Gasteiger charge is -2.04. The van der Waals surface area contributed by atoms with Gasteiger partial charge in [-0.15, -0.1) is 0 Å². The maximum Gasteiger partial charge on any atom is 0.320 e. The highest BCUT2D eigenvalue weighted by Crippen LogP contribution is 2.25. The number of nitrogens with zero attached hydrogens (tertiary/aromatic N) is 1. The van der Waals surface area contributed by atoms with Crippen molar-refractivity contribution in [2.75, 3.05) is 13.7 Å². The number of aromatic hydroxyl groups is 1. The molecule has 1 atom stereocenters. The Kier molecular flexibility index (Phi) is 6.52. The van der Waals surface area contributed by atoms with Gasteiger partial charge in [0.25, 0.3) is 0 Å². The molecule has 0 fully saturated rings. The monoisotopic (exact) mass is 280 g/mol. The maximum absolute atomic E-state index is 10.5. The Hall–Kier alpha value is -2.08. The number of hydrogen-bond donors (Lipinski definition) is 3. The van der Waals surface area contributed by atoms with Crippen molar-refractivity contribution in [1.82, 2.24) is 0 Å². The third-order valence-corrected chi connectivity index (χ3v) is 2.81. The number of nitrogens with two attached hydrogens (primary N) is 1. The third-order valence-electron chi connectivity index (χ3n) is 2.81. The molecule has 6 heteroatoms. The Bertz CT molecular complexity index is 474. The maximum atomic E-state index is 10.5. The molecule has 0 saturated carbocycles. The van der Waals surface area contributed by atoms with Crippen LogP contribution in [0, 0.1) is 0 Å². The van der Waals surface area contributed by atoms with Crippen molar-refractivity contribution in [3.05, 3.63) is 23.8 Å². The Morgan fingerprint density at radius 2 is 2.25 bits per heavy atom. The molecule has 0 aliphatic carbocycles. The van der Waals surface area contributed by atoms with Gasteiger partial charge in [-0.05, 0) is 43.0 Å². The van der Waals surface area contributed by atoms with Gasteiger partial charge in [-0.25, -0.2) is 0 Å². The van der Waals surface area contributed by atoms with Gasteiger partial charge in [0, 0.05) is 12.8 Å². The largest absolute Gasteiger partial charge is 0.504 e. The van der Waals surface area contributed by atoms with E-state index in [0.717, 1.165) is 18.4 Å². The minimum absolute atomic E-state index is 0.0901. The summed E-state index contributed by atoms with van der Waals surface area (Å²) in [5, 5.41) is 18.1. The second kappa shape index (κ2) is 8.16. The summed E-state index contributed by atoms with van der Waals surface area (Å²) in [6.07, 6.45) is 3.66. The van der Waals surface area contributed by atoms with Gasteiger partial charge in [-0.3, -0.25) is 9.79 Å². The lowest BCUT2D eigenvalue weighted by atomic mass is 10.1. The van der Waals surface area contributed by atoms with Crippen LogP contribution in [0.15, 0.2) is 23.2 Å². The number of ether oxygens (including phenoxy) is 1. The van der Waals surface area contributed by atoms with Crippen molar-refractivity contribution in [3.63, 3.8) is 0 Å². The molecule has 0 aromatic heterocycles. The molecule has 20 heavy (non-hydrogen) atoms. The first-order valence-corrected chi connectivity index (χ1v) is 6.40. The molecule has 1 rings (SSSR count). The quantitative estimate of drug-likeness (QED) is 0.493. The Morgan fingerprint density at radius 1 is 1.50 bits per heavy atom. The average molecular weight is 280 g/mol. The van der Waals surface area contributed by atoms with Crippen molar-refractivity contribution < 1.29 is 19.7 Å². The Labute approximate surface area is 117 Å². The van der Waals surface area contributed by atoms with E-state index in [9.17, 15) is 9.90 Å². The van der Waals surface area contributed by atoms with E-state index in [1.807, 2.05) is 0 Å². The van der Waals surface area contributed by atoms with Crippen molar-refractivity contribution in [2.45, 2.75) is 25.3 Å². The van der Waals surface area contributed by atoms with Gasteiger partial charge in [0.05, 0.1) is 7.11 Å². The number of carbonyl (C=O) groups is 1. The summed E-state index contributed by atoms with van der Waals surface area (Å²) in [7, 11) is 1.49. The van der Waals surface area contributed by atoms with Crippen LogP contribution in [0.25, 0.3) is 0 Å². The second-order valence-corrected chi connectivity index (χ2v) is 4.41. The zero-order chi connectivity index (χ0) is 15.0. The summed E-state index contributed by atoms with van der Waals surface area (Å²) < 4.78 is 5.00. The van der Waals surface area contributed by atoms with Gasteiger partial charge in [0.2, 0.25) is 0 Å². The van der Waals surface area contributed by atoms with Crippen molar-refractivity contribution in [2.24, 2.45) is 10.7 Å². The summed E-state index contributed by atoms with van der Waals surface area (Å²) in [6, 6.07) is 4.19. The van der Waals surface area contributed by atoms with Crippen LogP contribution < -0.4 is 10.5 Å². The molecule has 0 heterocycles. The molecule has 6 nitrogen and oxygen atoms in total. The number of hydrogen-bond acceptors (Lipinski definition) is 5. The SMILES string of the molecule is COc1cc(C=NCCCCC(N)C(=O)O)ccc1O. The van der Waals surface area contributed by atoms with Gasteiger partial charge in [0.1, 0.15) is 6.04 Å². The lowest BCUT2D eigenvalue weighted by Crippen LogP contribution is -2.29. The lowest BCUT2D eigenvalue weighted by molar-refractivity contribution is -0.138. The van der Waals surface area contributed by atoms with Crippen LogP contribution in [0.2, 0.25) is 0 Å². The van der Waals surface area contributed by atoms with E-state index in [-0.39, 0.29) is 5.75 Å². The van der Waals surface area contributed by atoms with Crippen molar-refractivity contribution >= 4 is 12.2 Å².